The second kappa shape index (κ2) is 5.75. The molecule has 0 radical (unpaired) electrons. The maximum Gasteiger partial charge on any atom is 0.261 e. The molecule has 2 aromatic rings. The molecule has 0 saturated heterocycles. The Morgan fingerprint density at radius 2 is 1.60 bits per heavy atom. The zero-order valence-electron chi connectivity index (χ0n) is 10.6. The van der Waals surface area contributed by atoms with E-state index in [0.717, 1.165) is 0 Å². The predicted octanol–water partition coefficient (Wildman–Crippen LogP) is 1.52. The summed E-state index contributed by atoms with van der Waals surface area (Å²) in [6.07, 6.45) is -0.0204. The first-order chi connectivity index (χ1) is 9.49. The summed E-state index contributed by atoms with van der Waals surface area (Å²) in [7, 11) is -3.67. The molecule has 0 unspecified atom stereocenters. The number of primary amides is 1. The number of hydrogen-bond acceptors (Lipinski definition) is 3. The number of para-hydroxylation sites is 1. The van der Waals surface area contributed by atoms with Gasteiger partial charge in [0, 0.05) is 0 Å². The maximum absolute atomic E-state index is 12.2. The molecule has 0 aliphatic carbocycles. The Kier molecular flexibility index (Phi) is 4.05. The minimum atomic E-state index is -3.67. The Morgan fingerprint density at radius 1 is 1.00 bits per heavy atom. The molecule has 3 N–H and O–H groups in total. The third-order valence-electron chi connectivity index (χ3n) is 2.68. The number of nitrogens with two attached hydrogens (primary N) is 1. The van der Waals surface area contributed by atoms with E-state index in [9.17, 15) is 13.2 Å². The Bertz CT molecular complexity index is 712. The number of carbonyl (C=O) groups is 1. The number of amides is 1. The third-order valence-corrected chi connectivity index (χ3v) is 4.06. The van der Waals surface area contributed by atoms with Gasteiger partial charge in [-0.15, -0.1) is 0 Å². The summed E-state index contributed by atoms with van der Waals surface area (Å²) < 4.78 is 26.9. The fraction of sp³-hybridized carbons (Fsp3) is 0.0714. The average molecular weight is 290 g/mol. The van der Waals surface area contributed by atoms with Crippen molar-refractivity contribution in [3.63, 3.8) is 0 Å². The van der Waals surface area contributed by atoms with E-state index in [1.54, 1.807) is 42.5 Å². The van der Waals surface area contributed by atoms with Gasteiger partial charge in [-0.2, -0.15) is 0 Å². The molecule has 0 spiro atoms. The number of hydrogen-bond donors (Lipinski definition) is 2. The molecule has 6 heteroatoms. The van der Waals surface area contributed by atoms with Crippen LogP contribution in [0.3, 0.4) is 0 Å². The highest BCUT2D eigenvalue weighted by Gasteiger charge is 2.15. The molecule has 1 amide bonds. The molecule has 0 fully saturated rings. The summed E-state index contributed by atoms with van der Waals surface area (Å²) in [6, 6.07) is 14.7. The highest BCUT2D eigenvalue weighted by atomic mass is 32.2. The number of benzene rings is 2. The van der Waals surface area contributed by atoms with Gasteiger partial charge in [-0.05, 0) is 23.8 Å². The predicted molar refractivity (Wildman–Crippen MR) is 76.6 cm³/mol. The van der Waals surface area contributed by atoms with Crippen molar-refractivity contribution < 1.29 is 13.2 Å². The lowest BCUT2D eigenvalue weighted by atomic mass is 10.1. The third kappa shape index (κ3) is 3.36. The zero-order chi connectivity index (χ0) is 14.6. The summed E-state index contributed by atoms with van der Waals surface area (Å²) in [5.74, 6) is -0.517. The van der Waals surface area contributed by atoms with Crippen molar-refractivity contribution in [1.29, 1.82) is 0 Å². The van der Waals surface area contributed by atoms with Crippen molar-refractivity contribution in [2.45, 2.75) is 11.3 Å². The van der Waals surface area contributed by atoms with E-state index in [-0.39, 0.29) is 11.3 Å². The van der Waals surface area contributed by atoms with Crippen LogP contribution in [0.25, 0.3) is 0 Å². The smallest absolute Gasteiger partial charge is 0.261 e. The lowest BCUT2D eigenvalue weighted by Gasteiger charge is -2.11. The maximum atomic E-state index is 12.2. The van der Waals surface area contributed by atoms with E-state index in [1.807, 2.05) is 0 Å². The fourth-order valence-electron chi connectivity index (χ4n) is 1.77. The van der Waals surface area contributed by atoms with E-state index >= 15 is 0 Å². The van der Waals surface area contributed by atoms with E-state index < -0.39 is 15.9 Å². The van der Waals surface area contributed by atoms with Gasteiger partial charge < -0.3 is 5.73 Å². The minimum absolute atomic E-state index is 0.0204. The van der Waals surface area contributed by atoms with Crippen molar-refractivity contribution in [1.82, 2.24) is 0 Å². The highest BCUT2D eigenvalue weighted by molar-refractivity contribution is 7.92. The van der Waals surface area contributed by atoms with Crippen LogP contribution in [0.4, 0.5) is 5.69 Å². The summed E-state index contributed by atoms with van der Waals surface area (Å²) in [5, 5.41) is 0. The Labute approximate surface area is 117 Å². The van der Waals surface area contributed by atoms with Crippen molar-refractivity contribution in [3.05, 3.63) is 60.2 Å². The highest BCUT2D eigenvalue weighted by Crippen LogP contribution is 2.20. The van der Waals surface area contributed by atoms with E-state index in [0.29, 0.717) is 11.3 Å². The first kappa shape index (κ1) is 14.1. The summed E-state index contributed by atoms with van der Waals surface area (Å²) in [4.78, 5) is 11.2. The molecule has 0 bridgehead atoms. The molecular weight excluding hydrogens is 276 g/mol. The molecule has 2 rings (SSSR count). The summed E-state index contributed by atoms with van der Waals surface area (Å²) in [5.41, 5.74) is 6.05. The van der Waals surface area contributed by atoms with Crippen molar-refractivity contribution in [2.75, 3.05) is 4.72 Å². The number of anilines is 1. The van der Waals surface area contributed by atoms with Gasteiger partial charge in [0.05, 0.1) is 17.0 Å². The zero-order valence-corrected chi connectivity index (χ0v) is 11.4. The number of nitrogens with one attached hydrogen (secondary N) is 1. The van der Waals surface area contributed by atoms with Crippen LogP contribution in [-0.2, 0) is 21.2 Å². The number of carbonyl (C=O) groups excluding carboxylic acids is 1. The van der Waals surface area contributed by atoms with Crippen LogP contribution in [-0.4, -0.2) is 14.3 Å². The molecule has 0 aliphatic rings. The normalized spacial score (nSPS) is 11.0. The molecule has 0 aromatic heterocycles. The van der Waals surface area contributed by atoms with Crippen molar-refractivity contribution >= 4 is 21.6 Å². The number of rotatable bonds is 5. The first-order valence-electron chi connectivity index (χ1n) is 5.93. The van der Waals surface area contributed by atoms with Gasteiger partial charge in [0.2, 0.25) is 5.91 Å². The molecule has 5 nitrogen and oxygen atoms in total. The van der Waals surface area contributed by atoms with Crippen LogP contribution >= 0.6 is 0 Å². The molecule has 20 heavy (non-hydrogen) atoms. The Hall–Kier alpha value is -2.34. The van der Waals surface area contributed by atoms with Gasteiger partial charge in [0.25, 0.3) is 10.0 Å². The van der Waals surface area contributed by atoms with Crippen LogP contribution in [0.2, 0.25) is 0 Å². The van der Waals surface area contributed by atoms with E-state index in [1.165, 1.54) is 12.1 Å². The fourth-order valence-corrected chi connectivity index (χ4v) is 2.89. The molecular formula is C14H14N2O3S. The Morgan fingerprint density at radius 3 is 2.25 bits per heavy atom. The van der Waals surface area contributed by atoms with E-state index in [4.69, 9.17) is 5.73 Å². The molecule has 2 aromatic carbocycles. The van der Waals surface area contributed by atoms with Gasteiger partial charge in [0.15, 0.2) is 0 Å². The SMILES string of the molecule is NC(=O)Cc1ccccc1NS(=O)(=O)c1ccccc1. The summed E-state index contributed by atoms with van der Waals surface area (Å²) in [6.45, 7) is 0. The van der Waals surface area contributed by atoms with Gasteiger partial charge in [-0.3, -0.25) is 9.52 Å². The summed E-state index contributed by atoms with van der Waals surface area (Å²) >= 11 is 0. The Balaban J connectivity index is 2.33. The molecule has 104 valence electrons. The van der Waals surface area contributed by atoms with Crippen LogP contribution in [0, 0.1) is 0 Å². The quantitative estimate of drug-likeness (QED) is 0.874. The largest absolute Gasteiger partial charge is 0.369 e. The van der Waals surface area contributed by atoms with Gasteiger partial charge in [-0.25, -0.2) is 8.42 Å². The lowest BCUT2D eigenvalue weighted by Crippen LogP contribution is -2.18. The van der Waals surface area contributed by atoms with Gasteiger partial charge >= 0.3 is 0 Å². The molecule has 0 atom stereocenters. The van der Waals surface area contributed by atoms with Crippen molar-refractivity contribution in [3.8, 4) is 0 Å². The van der Waals surface area contributed by atoms with Gasteiger partial charge in [-0.1, -0.05) is 36.4 Å². The molecule has 0 aliphatic heterocycles. The average Bonchev–Trinajstić information content (AvgIpc) is 2.41. The first-order valence-corrected chi connectivity index (χ1v) is 7.41. The standard InChI is InChI=1S/C14H14N2O3S/c15-14(17)10-11-6-4-5-9-13(11)16-20(18,19)12-7-2-1-3-8-12/h1-9,16H,10H2,(H2,15,17). The monoisotopic (exact) mass is 290 g/mol. The lowest BCUT2D eigenvalue weighted by molar-refractivity contribution is -0.117. The topological polar surface area (TPSA) is 89.3 Å². The van der Waals surface area contributed by atoms with Crippen LogP contribution in [0.5, 0.6) is 0 Å². The second-order valence-corrected chi connectivity index (χ2v) is 5.90. The molecule has 0 heterocycles. The van der Waals surface area contributed by atoms with Crippen LogP contribution in [0.15, 0.2) is 59.5 Å². The minimum Gasteiger partial charge on any atom is -0.369 e. The second-order valence-electron chi connectivity index (χ2n) is 4.22. The van der Waals surface area contributed by atoms with Crippen LogP contribution < -0.4 is 10.5 Å². The van der Waals surface area contributed by atoms with Crippen LogP contribution in [0.1, 0.15) is 5.56 Å². The van der Waals surface area contributed by atoms with Gasteiger partial charge in [0.1, 0.15) is 0 Å². The van der Waals surface area contributed by atoms with E-state index in [2.05, 4.69) is 4.72 Å². The number of sulfonamides is 1. The van der Waals surface area contributed by atoms with Crippen molar-refractivity contribution in [2.24, 2.45) is 5.73 Å². The molecule has 0 saturated carbocycles.